The SMILES string of the molecule is CN.I.I.I.[SnH2]. The van der Waals surface area contributed by atoms with Crippen LogP contribution in [-0.2, 0) is 0 Å². The molecule has 0 aliphatic rings. The Kier molecular flexibility index (Phi) is 267. The molecule has 0 aromatic heterocycles. The summed E-state index contributed by atoms with van der Waals surface area (Å²) >= 11 is 0. The van der Waals surface area contributed by atoms with Crippen LogP contribution >= 0.6 is 71.9 Å². The molecule has 1 nitrogen and oxygen atoms in total. The van der Waals surface area contributed by atoms with Crippen molar-refractivity contribution in [2.45, 2.75) is 0 Å². The van der Waals surface area contributed by atoms with Gasteiger partial charge in [0.25, 0.3) is 0 Å². The van der Waals surface area contributed by atoms with Gasteiger partial charge in [0.2, 0.25) is 0 Å². The molecular formula is CH10I3NSn. The van der Waals surface area contributed by atoms with Crippen LogP contribution in [0.4, 0.5) is 0 Å². The molecule has 0 aromatic rings. The zero-order valence-electron chi connectivity index (χ0n) is 3.51. The zero-order chi connectivity index (χ0) is 2.00. The molecule has 0 heterocycles. The number of rotatable bonds is 0. The maximum absolute atomic E-state index is 4.50. The van der Waals surface area contributed by atoms with Crippen LogP contribution in [0, 0.1) is 0 Å². The van der Waals surface area contributed by atoms with Crippen molar-refractivity contribution >= 4 is 95.8 Å². The molecule has 6 heavy (non-hydrogen) atoms. The predicted molar refractivity (Wildman–Crippen MR) is 64.9 cm³/mol. The van der Waals surface area contributed by atoms with Gasteiger partial charge in [-0.1, -0.05) is 0 Å². The van der Waals surface area contributed by atoms with Gasteiger partial charge in [0, 0.05) is 0 Å². The van der Waals surface area contributed by atoms with Crippen LogP contribution in [0.15, 0.2) is 0 Å². The predicted octanol–water partition coefficient (Wildman–Crippen LogP) is 0.513. The molecule has 0 amide bonds. The number of nitrogens with two attached hydrogens (primary N) is 1. The summed E-state index contributed by atoms with van der Waals surface area (Å²) in [6.45, 7) is 0. The minimum atomic E-state index is 0. The van der Waals surface area contributed by atoms with Gasteiger partial charge < -0.3 is 5.73 Å². The van der Waals surface area contributed by atoms with E-state index in [1.807, 2.05) is 0 Å². The van der Waals surface area contributed by atoms with Gasteiger partial charge in [0.05, 0.1) is 0 Å². The summed E-state index contributed by atoms with van der Waals surface area (Å²) in [7, 11) is 1.50. The fourth-order valence-corrected chi connectivity index (χ4v) is 0. The third-order valence-corrected chi connectivity index (χ3v) is 0. The second-order valence-electron chi connectivity index (χ2n) is 0. The normalized spacial score (nSPS) is 1.00. The topological polar surface area (TPSA) is 26.0 Å². The van der Waals surface area contributed by atoms with Crippen molar-refractivity contribution < 1.29 is 0 Å². The first-order valence-corrected chi connectivity index (χ1v) is 0.577. The van der Waals surface area contributed by atoms with Crippen LogP contribution < -0.4 is 5.73 Å². The van der Waals surface area contributed by atoms with E-state index in [9.17, 15) is 0 Å². The summed E-state index contributed by atoms with van der Waals surface area (Å²) in [6, 6.07) is 0. The minimum absolute atomic E-state index is 0. The van der Waals surface area contributed by atoms with E-state index in [1.54, 1.807) is 0 Å². The van der Waals surface area contributed by atoms with E-state index in [2.05, 4.69) is 5.73 Å². The second kappa shape index (κ2) is 44.1. The first kappa shape index (κ1) is 36.3. The van der Waals surface area contributed by atoms with Gasteiger partial charge in [-0.15, -0.1) is 71.9 Å². The van der Waals surface area contributed by atoms with Crippen LogP contribution in [-0.4, -0.2) is 31.0 Å². The van der Waals surface area contributed by atoms with Crippen LogP contribution in [0.5, 0.6) is 0 Å². The summed E-state index contributed by atoms with van der Waals surface area (Å²) < 4.78 is 0. The van der Waals surface area contributed by atoms with Gasteiger partial charge >= 0.3 is 23.9 Å². The van der Waals surface area contributed by atoms with Crippen molar-refractivity contribution in [3.63, 3.8) is 0 Å². The van der Waals surface area contributed by atoms with Crippen molar-refractivity contribution in [2.24, 2.45) is 5.73 Å². The summed E-state index contributed by atoms with van der Waals surface area (Å²) in [4.78, 5) is 0. The van der Waals surface area contributed by atoms with Crippen LogP contribution in [0.2, 0.25) is 0 Å². The van der Waals surface area contributed by atoms with Crippen molar-refractivity contribution in [1.29, 1.82) is 0 Å². The molecule has 0 bridgehead atoms. The van der Waals surface area contributed by atoms with Gasteiger partial charge in [-0.25, -0.2) is 0 Å². The van der Waals surface area contributed by atoms with Crippen molar-refractivity contribution in [3.05, 3.63) is 0 Å². The number of hydrogen-bond acceptors (Lipinski definition) is 1. The molecule has 2 N–H and O–H groups in total. The molecular weight excluding hydrogens is 525 g/mol. The van der Waals surface area contributed by atoms with Crippen molar-refractivity contribution in [2.75, 3.05) is 7.05 Å². The Morgan fingerprint density at radius 2 is 0.833 bits per heavy atom. The summed E-state index contributed by atoms with van der Waals surface area (Å²) in [5, 5.41) is 0. The molecule has 0 saturated carbocycles. The molecule has 0 unspecified atom stereocenters. The van der Waals surface area contributed by atoms with E-state index in [0.717, 1.165) is 0 Å². The Bertz CT molecular complexity index is 10.8. The number of hydrogen-bond donors (Lipinski definition) is 1. The molecule has 5 heteroatoms. The van der Waals surface area contributed by atoms with Gasteiger partial charge in [-0.2, -0.15) is 0 Å². The van der Waals surface area contributed by atoms with Gasteiger partial charge in [0.15, 0.2) is 0 Å². The van der Waals surface area contributed by atoms with E-state index in [-0.39, 0.29) is 95.8 Å². The fourth-order valence-electron chi connectivity index (χ4n) is 0. The van der Waals surface area contributed by atoms with Crippen LogP contribution in [0.3, 0.4) is 0 Å². The number of halogens is 3. The molecule has 0 spiro atoms. The fraction of sp³-hybridized carbons (Fsp3) is 1.00. The van der Waals surface area contributed by atoms with Gasteiger partial charge in [-0.3, -0.25) is 0 Å². The van der Waals surface area contributed by atoms with Crippen molar-refractivity contribution in [3.8, 4) is 0 Å². The molecule has 0 aromatic carbocycles. The van der Waals surface area contributed by atoms with E-state index in [4.69, 9.17) is 0 Å². The Balaban J connectivity index is -0.000000000833. The maximum atomic E-state index is 4.50. The second-order valence-corrected chi connectivity index (χ2v) is 0. The molecule has 44 valence electrons. The van der Waals surface area contributed by atoms with Gasteiger partial charge in [-0.05, 0) is 7.05 Å². The quantitative estimate of drug-likeness (QED) is 0.355. The molecule has 0 saturated heterocycles. The average Bonchev–Trinajstić information content (AvgIpc) is 1.00. The van der Waals surface area contributed by atoms with E-state index in [0.29, 0.717) is 0 Å². The molecule has 0 atom stereocenters. The monoisotopic (exact) mass is 537 g/mol. The third kappa shape index (κ3) is 28.3. The van der Waals surface area contributed by atoms with Crippen molar-refractivity contribution in [1.82, 2.24) is 0 Å². The zero-order valence-corrected chi connectivity index (χ0v) is 14.5. The molecule has 0 aliphatic carbocycles. The van der Waals surface area contributed by atoms with Crippen LogP contribution in [0.1, 0.15) is 0 Å². The van der Waals surface area contributed by atoms with E-state index in [1.165, 1.54) is 7.05 Å². The summed E-state index contributed by atoms with van der Waals surface area (Å²) in [5.41, 5.74) is 4.50. The Morgan fingerprint density at radius 3 is 0.833 bits per heavy atom. The molecule has 2 radical (unpaired) electrons. The summed E-state index contributed by atoms with van der Waals surface area (Å²) in [6.07, 6.45) is 0. The standard InChI is InChI=1S/CH5N.3HI.Sn.2H/c1-2;;;;;;/h2H2,1H3;3*1H;;;. The van der Waals surface area contributed by atoms with E-state index < -0.39 is 0 Å². The first-order chi connectivity index (χ1) is 1.00. The summed E-state index contributed by atoms with van der Waals surface area (Å²) in [5.74, 6) is 0. The average molecular weight is 536 g/mol. The van der Waals surface area contributed by atoms with Gasteiger partial charge in [0.1, 0.15) is 0 Å². The Morgan fingerprint density at radius 1 is 0.833 bits per heavy atom. The Labute approximate surface area is 107 Å². The molecule has 0 rings (SSSR count). The molecule has 0 aliphatic heterocycles. The Hall–Kier alpha value is 2.95. The first-order valence-electron chi connectivity index (χ1n) is 0.577. The third-order valence-electron chi connectivity index (χ3n) is 0. The molecule has 0 fully saturated rings. The van der Waals surface area contributed by atoms with Crippen LogP contribution in [0.25, 0.3) is 0 Å². The van der Waals surface area contributed by atoms with E-state index >= 15 is 0 Å².